The zero-order valence-corrected chi connectivity index (χ0v) is 12.0. The van der Waals surface area contributed by atoms with Crippen molar-refractivity contribution < 1.29 is 14.5 Å². The van der Waals surface area contributed by atoms with Crippen LogP contribution in [0.3, 0.4) is 0 Å². The summed E-state index contributed by atoms with van der Waals surface area (Å²) in [7, 11) is 0. The normalized spacial score (nSPS) is 18.1. The predicted octanol–water partition coefficient (Wildman–Crippen LogP) is 2.96. The van der Waals surface area contributed by atoms with E-state index in [1.807, 2.05) is 19.9 Å². The van der Waals surface area contributed by atoms with Gasteiger partial charge in [-0.1, -0.05) is 41.9 Å². The van der Waals surface area contributed by atoms with Gasteiger partial charge in [0.1, 0.15) is 6.61 Å². The molecule has 0 saturated carbocycles. The summed E-state index contributed by atoms with van der Waals surface area (Å²) in [6.07, 6.45) is 5.14. The molecular formula is C12H14BrNO4. The Morgan fingerprint density at radius 2 is 2.17 bits per heavy atom. The van der Waals surface area contributed by atoms with Crippen molar-refractivity contribution in [1.82, 2.24) is 0 Å². The highest BCUT2D eigenvalue weighted by atomic mass is 79.9. The van der Waals surface area contributed by atoms with Crippen molar-refractivity contribution in [2.24, 2.45) is 5.41 Å². The van der Waals surface area contributed by atoms with Gasteiger partial charge in [-0.05, 0) is 0 Å². The van der Waals surface area contributed by atoms with E-state index in [0.29, 0.717) is 10.1 Å². The molecule has 0 aromatic carbocycles. The lowest BCUT2D eigenvalue weighted by Gasteiger charge is -2.12. The van der Waals surface area contributed by atoms with Crippen LogP contribution in [0.5, 0.6) is 0 Å². The van der Waals surface area contributed by atoms with Gasteiger partial charge in [-0.3, -0.25) is 14.9 Å². The van der Waals surface area contributed by atoms with Crippen molar-refractivity contribution in [3.8, 4) is 0 Å². The van der Waals surface area contributed by atoms with E-state index in [4.69, 9.17) is 4.74 Å². The second-order valence-corrected chi connectivity index (χ2v) is 5.40. The Morgan fingerprint density at radius 3 is 2.67 bits per heavy atom. The maximum Gasteiger partial charge on any atom is 0.302 e. The van der Waals surface area contributed by atoms with Crippen molar-refractivity contribution in [3.63, 3.8) is 0 Å². The van der Waals surface area contributed by atoms with Gasteiger partial charge in [0, 0.05) is 22.9 Å². The molecule has 1 aliphatic rings. The van der Waals surface area contributed by atoms with Gasteiger partial charge in [0.2, 0.25) is 0 Å². The molecule has 0 aromatic heterocycles. The summed E-state index contributed by atoms with van der Waals surface area (Å²) >= 11 is 3.27. The van der Waals surface area contributed by atoms with Gasteiger partial charge >= 0.3 is 5.97 Å². The van der Waals surface area contributed by atoms with E-state index in [1.54, 1.807) is 12.2 Å². The van der Waals surface area contributed by atoms with Crippen molar-refractivity contribution >= 4 is 21.9 Å². The first-order valence-electron chi connectivity index (χ1n) is 5.32. The first-order chi connectivity index (χ1) is 8.23. The Morgan fingerprint density at radius 1 is 1.56 bits per heavy atom. The third-order valence-electron chi connectivity index (χ3n) is 2.38. The molecule has 0 bridgehead atoms. The quantitative estimate of drug-likeness (QED) is 0.456. The highest BCUT2D eigenvalue weighted by Gasteiger charge is 2.27. The molecule has 0 saturated heterocycles. The lowest BCUT2D eigenvalue weighted by Crippen LogP contribution is -2.13. The van der Waals surface area contributed by atoms with Gasteiger partial charge < -0.3 is 4.74 Å². The molecule has 0 unspecified atom stereocenters. The van der Waals surface area contributed by atoms with E-state index in [-0.39, 0.29) is 12.3 Å². The van der Waals surface area contributed by atoms with E-state index in [2.05, 4.69) is 15.9 Å². The zero-order chi connectivity index (χ0) is 13.9. The molecule has 0 heterocycles. The number of ether oxygens (including phenoxy) is 1. The summed E-state index contributed by atoms with van der Waals surface area (Å²) in [6.45, 7) is 4.87. The van der Waals surface area contributed by atoms with Crippen LogP contribution in [0, 0.1) is 15.5 Å². The van der Waals surface area contributed by atoms with E-state index in [1.165, 1.54) is 6.92 Å². The van der Waals surface area contributed by atoms with Crippen LogP contribution < -0.4 is 0 Å². The summed E-state index contributed by atoms with van der Waals surface area (Å²) < 4.78 is 5.40. The third kappa shape index (κ3) is 3.80. The smallest absolute Gasteiger partial charge is 0.302 e. The first-order valence-corrected chi connectivity index (χ1v) is 6.11. The standard InChI is InChI=1S/C12H14BrNO4/c1-8(15)18-7-9-10(13)4-5-12(2,3)6-11(9)14(16)17/h4-6H,7H2,1-3H3. The lowest BCUT2D eigenvalue weighted by atomic mass is 9.92. The number of carbonyl (C=O) groups is 1. The highest BCUT2D eigenvalue weighted by molar-refractivity contribution is 9.11. The molecule has 5 nitrogen and oxygen atoms in total. The molecule has 0 aliphatic heterocycles. The van der Waals surface area contributed by atoms with Crippen LogP contribution in [0.4, 0.5) is 0 Å². The number of allylic oxidation sites excluding steroid dienone is 4. The maximum absolute atomic E-state index is 11.1. The second-order valence-electron chi connectivity index (χ2n) is 4.55. The summed E-state index contributed by atoms with van der Waals surface area (Å²) in [6, 6.07) is 0. The van der Waals surface area contributed by atoms with E-state index in [9.17, 15) is 14.9 Å². The van der Waals surface area contributed by atoms with Crippen LogP contribution in [0.2, 0.25) is 0 Å². The predicted molar refractivity (Wildman–Crippen MR) is 70.6 cm³/mol. The minimum absolute atomic E-state index is 0.0434. The summed E-state index contributed by atoms with van der Waals surface area (Å²) in [5, 5.41) is 11.1. The van der Waals surface area contributed by atoms with Gasteiger partial charge in [-0.25, -0.2) is 0 Å². The van der Waals surface area contributed by atoms with E-state index < -0.39 is 16.3 Å². The van der Waals surface area contributed by atoms with Crippen LogP contribution in [0.1, 0.15) is 20.8 Å². The number of nitro groups is 1. The van der Waals surface area contributed by atoms with Gasteiger partial charge in [-0.2, -0.15) is 0 Å². The van der Waals surface area contributed by atoms with Crippen molar-refractivity contribution in [1.29, 1.82) is 0 Å². The van der Waals surface area contributed by atoms with E-state index in [0.717, 1.165) is 0 Å². The monoisotopic (exact) mass is 315 g/mol. The Bertz CT molecular complexity index is 474. The molecule has 0 N–H and O–H groups in total. The maximum atomic E-state index is 11.1. The van der Waals surface area contributed by atoms with Crippen LogP contribution in [-0.4, -0.2) is 17.5 Å². The van der Waals surface area contributed by atoms with Crippen LogP contribution in [-0.2, 0) is 9.53 Å². The molecule has 0 atom stereocenters. The van der Waals surface area contributed by atoms with Crippen molar-refractivity contribution in [2.75, 3.05) is 6.61 Å². The van der Waals surface area contributed by atoms with Gasteiger partial charge in [0.25, 0.3) is 5.70 Å². The number of hydrogen-bond acceptors (Lipinski definition) is 4. The van der Waals surface area contributed by atoms with E-state index >= 15 is 0 Å². The number of hydrogen-bond donors (Lipinski definition) is 0. The highest BCUT2D eigenvalue weighted by Crippen LogP contribution is 2.32. The lowest BCUT2D eigenvalue weighted by molar-refractivity contribution is -0.421. The van der Waals surface area contributed by atoms with Gasteiger partial charge in [0.05, 0.1) is 10.5 Å². The molecule has 98 valence electrons. The summed E-state index contributed by atoms with van der Waals surface area (Å²) in [4.78, 5) is 21.5. The molecule has 1 rings (SSSR count). The molecule has 18 heavy (non-hydrogen) atoms. The van der Waals surface area contributed by atoms with Crippen molar-refractivity contribution in [2.45, 2.75) is 20.8 Å². The number of esters is 1. The molecule has 0 spiro atoms. The van der Waals surface area contributed by atoms with Gasteiger partial charge in [0.15, 0.2) is 0 Å². The number of carbonyl (C=O) groups excluding carboxylic acids is 1. The fraction of sp³-hybridized carbons (Fsp3) is 0.417. The zero-order valence-electron chi connectivity index (χ0n) is 10.4. The second kappa shape index (κ2) is 5.48. The number of rotatable bonds is 3. The van der Waals surface area contributed by atoms with Crippen LogP contribution in [0.15, 0.2) is 34.0 Å². The molecule has 0 fully saturated rings. The number of nitrogens with zero attached hydrogens (tertiary/aromatic N) is 1. The average molecular weight is 316 g/mol. The Hall–Kier alpha value is -1.43. The summed E-state index contributed by atoms with van der Waals surface area (Å²) in [5.74, 6) is -0.474. The van der Waals surface area contributed by atoms with Crippen LogP contribution in [0.25, 0.3) is 0 Å². The summed E-state index contributed by atoms with van der Waals surface area (Å²) in [5.41, 5.74) is -0.116. The average Bonchev–Trinajstić information content (AvgIpc) is 2.34. The first kappa shape index (κ1) is 14.6. The molecule has 0 amide bonds. The fourth-order valence-electron chi connectivity index (χ4n) is 1.48. The molecule has 0 radical (unpaired) electrons. The topological polar surface area (TPSA) is 69.4 Å². The molecule has 0 aromatic rings. The van der Waals surface area contributed by atoms with Crippen molar-refractivity contribution in [3.05, 3.63) is 44.1 Å². The minimum Gasteiger partial charge on any atom is -0.461 e. The fourth-order valence-corrected chi connectivity index (χ4v) is 1.93. The Kier molecular flexibility index (Phi) is 4.45. The number of halogens is 1. The SMILES string of the molecule is CC(=O)OCC1=C(Br)C=CC(C)(C)C=C1[N+](=O)[O-]. The van der Waals surface area contributed by atoms with Gasteiger partial charge in [-0.15, -0.1) is 0 Å². The Balaban J connectivity index is 3.19. The molecule has 6 heteroatoms. The third-order valence-corrected chi connectivity index (χ3v) is 3.12. The Labute approximate surface area is 113 Å². The largest absolute Gasteiger partial charge is 0.461 e. The van der Waals surface area contributed by atoms with Crippen LogP contribution >= 0.6 is 15.9 Å². The molecular weight excluding hydrogens is 302 g/mol. The molecule has 1 aliphatic carbocycles. The minimum atomic E-state index is -0.474.